The number of amides is 1. The van der Waals surface area contributed by atoms with Gasteiger partial charge in [-0.25, -0.2) is 4.98 Å². The Kier molecular flexibility index (Phi) is 3.58. The summed E-state index contributed by atoms with van der Waals surface area (Å²) in [5, 5.41) is 3.75. The predicted molar refractivity (Wildman–Crippen MR) is 77.3 cm³/mol. The fourth-order valence-electron chi connectivity index (χ4n) is 2.72. The monoisotopic (exact) mass is 279 g/mol. The number of hydrogen-bond donors (Lipinski definition) is 2. The van der Waals surface area contributed by atoms with E-state index in [1.807, 2.05) is 0 Å². The lowest BCUT2D eigenvalue weighted by atomic mass is 10.0. The Morgan fingerprint density at radius 3 is 2.84 bits per heavy atom. The van der Waals surface area contributed by atoms with Gasteiger partial charge in [-0.05, 0) is 50.5 Å². The summed E-state index contributed by atoms with van der Waals surface area (Å²) < 4.78 is 0. The van der Waals surface area contributed by atoms with Gasteiger partial charge in [-0.2, -0.15) is 0 Å². The average molecular weight is 279 g/mol. The molecule has 0 bridgehead atoms. The summed E-state index contributed by atoms with van der Waals surface area (Å²) in [5.41, 5.74) is 7.02. The molecule has 0 saturated heterocycles. The highest BCUT2D eigenvalue weighted by atomic mass is 32.1. The minimum absolute atomic E-state index is 0.0758. The van der Waals surface area contributed by atoms with Crippen LogP contribution in [0.2, 0.25) is 0 Å². The number of nitrogens with two attached hydrogens (primary N) is 1. The van der Waals surface area contributed by atoms with E-state index in [1.54, 1.807) is 11.3 Å². The van der Waals surface area contributed by atoms with E-state index in [0.29, 0.717) is 13.0 Å². The second-order valence-electron chi connectivity index (χ2n) is 5.88. The lowest BCUT2D eigenvalue weighted by Gasteiger charge is -2.10. The van der Waals surface area contributed by atoms with Crippen LogP contribution >= 0.6 is 11.3 Å². The molecule has 5 heteroatoms. The molecular formula is C14H21N3OS. The lowest BCUT2D eigenvalue weighted by molar-refractivity contribution is -0.117. The van der Waals surface area contributed by atoms with Crippen molar-refractivity contribution in [2.75, 3.05) is 11.9 Å². The first-order chi connectivity index (χ1) is 9.21. The van der Waals surface area contributed by atoms with E-state index in [1.165, 1.54) is 29.8 Å². The molecule has 2 aliphatic rings. The molecule has 1 saturated carbocycles. The smallest absolute Gasteiger partial charge is 0.226 e. The zero-order valence-electron chi connectivity index (χ0n) is 11.2. The van der Waals surface area contributed by atoms with Gasteiger partial charge < -0.3 is 11.1 Å². The van der Waals surface area contributed by atoms with Crippen molar-refractivity contribution in [3.8, 4) is 0 Å². The van der Waals surface area contributed by atoms with Crippen LogP contribution in [-0.2, 0) is 17.6 Å². The van der Waals surface area contributed by atoms with Gasteiger partial charge in [0.05, 0.1) is 5.69 Å². The summed E-state index contributed by atoms with van der Waals surface area (Å²) in [6, 6.07) is 0. The number of carbonyl (C=O) groups is 1. The van der Waals surface area contributed by atoms with Crippen molar-refractivity contribution in [2.24, 2.45) is 11.1 Å². The molecule has 2 aliphatic carbocycles. The third kappa shape index (κ3) is 2.98. The van der Waals surface area contributed by atoms with Gasteiger partial charge in [-0.3, -0.25) is 4.79 Å². The van der Waals surface area contributed by atoms with E-state index < -0.39 is 0 Å². The Bertz CT molecular complexity index is 456. The average Bonchev–Trinajstić information content (AvgIpc) is 3.10. The quantitative estimate of drug-likeness (QED) is 0.832. The van der Waals surface area contributed by atoms with Crippen LogP contribution in [0.3, 0.4) is 0 Å². The molecule has 4 nitrogen and oxygen atoms in total. The number of rotatable bonds is 4. The lowest BCUT2D eigenvalue weighted by Crippen LogP contribution is -2.23. The minimum atomic E-state index is 0.0758. The molecule has 104 valence electrons. The Hall–Kier alpha value is -0.940. The number of thiazole rings is 1. The van der Waals surface area contributed by atoms with Crippen LogP contribution in [0, 0.1) is 5.41 Å². The second-order valence-corrected chi connectivity index (χ2v) is 6.96. The Morgan fingerprint density at radius 2 is 2.11 bits per heavy atom. The molecule has 1 aromatic heterocycles. The van der Waals surface area contributed by atoms with Crippen molar-refractivity contribution >= 4 is 22.4 Å². The molecule has 0 unspecified atom stereocenters. The number of carbonyl (C=O) groups excluding carboxylic acids is 1. The Morgan fingerprint density at radius 1 is 1.32 bits per heavy atom. The maximum atomic E-state index is 12.0. The van der Waals surface area contributed by atoms with Crippen LogP contribution in [-0.4, -0.2) is 17.4 Å². The standard InChI is InChI=1S/C14H21N3OS/c15-9-14(6-7-14)8-12(18)17-13-16-10-4-2-1-3-5-11(10)19-13/h1-9,15H2,(H,16,17,18). The van der Waals surface area contributed by atoms with Crippen LogP contribution < -0.4 is 11.1 Å². The molecule has 19 heavy (non-hydrogen) atoms. The number of nitrogens with zero attached hydrogens (tertiary/aromatic N) is 1. The molecule has 1 amide bonds. The number of anilines is 1. The van der Waals surface area contributed by atoms with Gasteiger partial charge in [0, 0.05) is 11.3 Å². The van der Waals surface area contributed by atoms with Crippen molar-refractivity contribution in [2.45, 2.75) is 51.4 Å². The summed E-state index contributed by atoms with van der Waals surface area (Å²) in [7, 11) is 0. The molecule has 1 aromatic rings. The van der Waals surface area contributed by atoms with Gasteiger partial charge in [0.25, 0.3) is 0 Å². The van der Waals surface area contributed by atoms with E-state index in [2.05, 4.69) is 10.3 Å². The largest absolute Gasteiger partial charge is 0.330 e. The molecule has 0 spiro atoms. The fraction of sp³-hybridized carbons (Fsp3) is 0.714. The summed E-state index contributed by atoms with van der Waals surface area (Å²) in [6.07, 6.45) is 8.68. The van der Waals surface area contributed by atoms with Crippen LogP contribution in [0.5, 0.6) is 0 Å². The van der Waals surface area contributed by atoms with E-state index in [0.717, 1.165) is 30.8 Å². The predicted octanol–water partition coefficient (Wildman–Crippen LogP) is 2.48. The Labute approximate surface area is 117 Å². The summed E-state index contributed by atoms with van der Waals surface area (Å²) in [4.78, 5) is 18.0. The number of aromatic nitrogens is 1. The van der Waals surface area contributed by atoms with Gasteiger partial charge in [0.2, 0.25) is 5.91 Å². The summed E-state index contributed by atoms with van der Waals surface area (Å²) in [5.74, 6) is 0.0758. The van der Waals surface area contributed by atoms with Gasteiger partial charge >= 0.3 is 0 Å². The highest BCUT2D eigenvalue weighted by molar-refractivity contribution is 7.15. The topological polar surface area (TPSA) is 68.0 Å². The van der Waals surface area contributed by atoms with Gasteiger partial charge in [0.15, 0.2) is 5.13 Å². The third-order valence-corrected chi connectivity index (χ3v) is 5.34. The Balaban J connectivity index is 1.62. The molecule has 3 N–H and O–H groups in total. The van der Waals surface area contributed by atoms with Gasteiger partial charge in [0.1, 0.15) is 0 Å². The van der Waals surface area contributed by atoms with Gasteiger partial charge in [-0.15, -0.1) is 11.3 Å². The number of nitrogens with one attached hydrogen (secondary N) is 1. The fourth-order valence-corrected chi connectivity index (χ4v) is 3.78. The summed E-state index contributed by atoms with van der Waals surface area (Å²) >= 11 is 1.66. The van der Waals surface area contributed by atoms with Crippen LogP contribution in [0.4, 0.5) is 5.13 Å². The van der Waals surface area contributed by atoms with Crippen LogP contribution in [0.15, 0.2) is 0 Å². The van der Waals surface area contributed by atoms with Crippen molar-refractivity contribution in [3.05, 3.63) is 10.6 Å². The number of hydrogen-bond acceptors (Lipinski definition) is 4. The molecule has 3 rings (SSSR count). The second kappa shape index (κ2) is 5.21. The first-order valence-corrected chi connectivity index (χ1v) is 8.01. The van der Waals surface area contributed by atoms with E-state index >= 15 is 0 Å². The zero-order chi connectivity index (χ0) is 13.3. The first-order valence-electron chi connectivity index (χ1n) is 7.19. The minimum Gasteiger partial charge on any atom is -0.330 e. The third-order valence-electron chi connectivity index (χ3n) is 4.27. The molecule has 0 aromatic carbocycles. The highest BCUT2D eigenvalue weighted by Crippen LogP contribution is 2.47. The highest BCUT2D eigenvalue weighted by Gasteiger charge is 2.42. The van der Waals surface area contributed by atoms with Crippen molar-refractivity contribution in [3.63, 3.8) is 0 Å². The molecular weight excluding hydrogens is 258 g/mol. The zero-order valence-corrected chi connectivity index (χ0v) is 12.0. The molecule has 0 radical (unpaired) electrons. The first kappa shape index (κ1) is 13.1. The molecule has 1 heterocycles. The maximum Gasteiger partial charge on any atom is 0.226 e. The molecule has 1 fully saturated rings. The van der Waals surface area contributed by atoms with Crippen molar-refractivity contribution in [1.29, 1.82) is 0 Å². The van der Waals surface area contributed by atoms with E-state index in [9.17, 15) is 4.79 Å². The normalized spacial score (nSPS) is 20.5. The maximum absolute atomic E-state index is 12.0. The van der Waals surface area contributed by atoms with Gasteiger partial charge in [-0.1, -0.05) is 6.42 Å². The summed E-state index contributed by atoms with van der Waals surface area (Å²) in [6.45, 7) is 0.620. The van der Waals surface area contributed by atoms with E-state index in [-0.39, 0.29) is 11.3 Å². The SMILES string of the molecule is NCC1(CC(=O)Nc2nc3c(s2)CCCCC3)CC1. The van der Waals surface area contributed by atoms with Crippen molar-refractivity contribution in [1.82, 2.24) is 4.98 Å². The molecule has 0 aliphatic heterocycles. The van der Waals surface area contributed by atoms with Crippen molar-refractivity contribution < 1.29 is 4.79 Å². The van der Waals surface area contributed by atoms with E-state index in [4.69, 9.17) is 5.73 Å². The number of aryl methyl sites for hydroxylation is 2. The number of fused-ring (bicyclic) bond motifs is 1. The van der Waals surface area contributed by atoms with Crippen LogP contribution in [0.1, 0.15) is 49.1 Å². The molecule has 0 atom stereocenters. The van der Waals surface area contributed by atoms with Crippen LogP contribution in [0.25, 0.3) is 0 Å².